The fourth-order valence-corrected chi connectivity index (χ4v) is 1.26. The lowest BCUT2D eigenvalue weighted by molar-refractivity contribution is 0.0697. The highest BCUT2D eigenvalue weighted by atomic mass is 16.4. The van der Waals surface area contributed by atoms with E-state index in [9.17, 15) is 4.79 Å². The fourth-order valence-electron chi connectivity index (χ4n) is 1.26. The monoisotopic (exact) mass is 189 g/mol. The highest BCUT2D eigenvalue weighted by molar-refractivity contribution is 5.87. The molecular weight excluding hydrogens is 178 g/mol. The van der Waals surface area contributed by atoms with Crippen molar-refractivity contribution in [2.24, 2.45) is 0 Å². The van der Waals surface area contributed by atoms with Gasteiger partial charge in [-0.3, -0.25) is 0 Å². The molecule has 0 aliphatic carbocycles. The molecule has 1 aromatic rings. The Bertz CT molecular complexity index is 391. The molecule has 1 aromatic carbocycles. The highest BCUT2D eigenvalue weighted by Crippen LogP contribution is 2.13. The van der Waals surface area contributed by atoms with Crippen molar-refractivity contribution in [1.82, 2.24) is 0 Å². The smallest absolute Gasteiger partial charge is 0.335 e. The molecule has 0 aromatic heterocycles. The minimum absolute atomic E-state index is 0.281. The van der Waals surface area contributed by atoms with Crippen LogP contribution in [0.2, 0.25) is 0 Å². The topological polar surface area (TPSA) is 61.1 Å². The predicted octanol–water partition coefficient (Wildman–Crippen LogP) is 2.15. The van der Waals surface area contributed by atoms with E-state index in [0.717, 1.165) is 11.1 Å². The van der Waals surface area contributed by atoms with Crippen LogP contribution in [0.4, 0.5) is 0 Å². The second-order valence-corrected chi connectivity index (χ2v) is 3.10. The second kappa shape index (κ2) is 4.43. The van der Waals surface area contributed by atoms with Gasteiger partial charge in [0.1, 0.15) is 0 Å². The van der Waals surface area contributed by atoms with Crippen molar-refractivity contribution in [3.63, 3.8) is 0 Å². The van der Waals surface area contributed by atoms with E-state index in [1.54, 1.807) is 18.2 Å². The van der Waals surface area contributed by atoms with E-state index >= 15 is 0 Å². The Balaban J connectivity index is 2.97. The number of nitrogens with zero attached hydrogens (tertiary/aromatic N) is 1. The fraction of sp³-hybridized carbons (Fsp3) is 0.273. The van der Waals surface area contributed by atoms with Crippen LogP contribution in [0.5, 0.6) is 0 Å². The highest BCUT2D eigenvalue weighted by Gasteiger charge is 2.05. The van der Waals surface area contributed by atoms with E-state index in [-0.39, 0.29) is 5.56 Å². The number of aryl methyl sites for hydroxylation is 2. The molecule has 0 fully saturated rings. The number of carboxylic acid groups (broad SMARTS) is 1. The molecule has 0 spiro atoms. The van der Waals surface area contributed by atoms with Gasteiger partial charge in [0.05, 0.1) is 11.6 Å². The van der Waals surface area contributed by atoms with Gasteiger partial charge in [-0.2, -0.15) is 5.26 Å². The quantitative estimate of drug-likeness (QED) is 0.792. The maximum atomic E-state index is 10.7. The third kappa shape index (κ3) is 2.33. The van der Waals surface area contributed by atoms with Gasteiger partial charge in [-0.15, -0.1) is 0 Å². The van der Waals surface area contributed by atoms with Crippen LogP contribution in [-0.2, 0) is 6.42 Å². The first kappa shape index (κ1) is 10.3. The summed E-state index contributed by atoms with van der Waals surface area (Å²) in [4.78, 5) is 10.7. The molecule has 1 N–H and O–H groups in total. The number of hydrogen-bond acceptors (Lipinski definition) is 2. The minimum atomic E-state index is -0.928. The van der Waals surface area contributed by atoms with Crippen molar-refractivity contribution < 1.29 is 9.90 Å². The summed E-state index contributed by atoms with van der Waals surface area (Å²) < 4.78 is 0. The summed E-state index contributed by atoms with van der Waals surface area (Å²) in [6.45, 7) is 1.92. The molecule has 0 saturated heterocycles. The Labute approximate surface area is 82.6 Å². The summed E-state index contributed by atoms with van der Waals surface area (Å²) in [5.74, 6) is -0.928. The van der Waals surface area contributed by atoms with Crippen LogP contribution < -0.4 is 0 Å². The summed E-state index contributed by atoms with van der Waals surface area (Å²) in [5, 5.41) is 17.2. The Morgan fingerprint density at radius 3 is 2.86 bits per heavy atom. The van der Waals surface area contributed by atoms with Crippen molar-refractivity contribution in [3.8, 4) is 6.07 Å². The first-order valence-corrected chi connectivity index (χ1v) is 4.35. The summed E-state index contributed by atoms with van der Waals surface area (Å²) in [5.41, 5.74) is 2.25. The average Bonchev–Trinajstić information content (AvgIpc) is 2.16. The van der Waals surface area contributed by atoms with E-state index in [2.05, 4.69) is 0 Å². The van der Waals surface area contributed by atoms with E-state index in [0.29, 0.717) is 12.8 Å². The van der Waals surface area contributed by atoms with Gasteiger partial charge in [-0.05, 0) is 36.6 Å². The summed E-state index contributed by atoms with van der Waals surface area (Å²) >= 11 is 0. The maximum absolute atomic E-state index is 10.7. The van der Waals surface area contributed by atoms with Crippen molar-refractivity contribution >= 4 is 5.97 Å². The molecule has 3 nitrogen and oxygen atoms in total. The van der Waals surface area contributed by atoms with Gasteiger partial charge < -0.3 is 5.11 Å². The van der Waals surface area contributed by atoms with E-state index < -0.39 is 5.97 Å². The van der Waals surface area contributed by atoms with Gasteiger partial charge in [0.2, 0.25) is 0 Å². The Morgan fingerprint density at radius 1 is 1.57 bits per heavy atom. The Hall–Kier alpha value is -1.82. The zero-order valence-electron chi connectivity index (χ0n) is 7.95. The van der Waals surface area contributed by atoms with E-state index in [4.69, 9.17) is 10.4 Å². The summed E-state index contributed by atoms with van der Waals surface area (Å²) in [6, 6.07) is 7.03. The van der Waals surface area contributed by atoms with Crippen LogP contribution >= 0.6 is 0 Å². The molecule has 0 heterocycles. The maximum Gasteiger partial charge on any atom is 0.335 e. The molecule has 0 amide bonds. The molecular formula is C11H11NO2. The molecule has 0 saturated carbocycles. The van der Waals surface area contributed by atoms with Crippen LogP contribution in [0, 0.1) is 18.3 Å². The van der Waals surface area contributed by atoms with E-state index in [1.165, 1.54) is 0 Å². The lowest BCUT2D eigenvalue weighted by atomic mass is 10.0. The summed E-state index contributed by atoms with van der Waals surface area (Å²) in [7, 11) is 0. The number of nitriles is 1. The first-order valence-electron chi connectivity index (χ1n) is 4.35. The minimum Gasteiger partial charge on any atom is -0.478 e. The zero-order chi connectivity index (χ0) is 10.6. The van der Waals surface area contributed by atoms with Crippen molar-refractivity contribution in [2.75, 3.05) is 0 Å². The molecule has 3 heteroatoms. The van der Waals surface area contributed by atoms with Crippen LogP contribution in [0.1, 0.15) is 27.9 Å². The molecule has 0 radical (unpaired) electrons. The molecule has 1 rings (SSSR count). The zero-order valence-corrected chi connectivity index (χ0v) is 7.95. The Morgan fingerprint density at radius 2 is 2.29 bits per heavy atom. The third-order valence-electron chi connectivity index (χ3n) is 2.10. The van der Waals surface area contributed by atoms with Crippen LogP contribution in [-0.4, -0.2) is 11.1 Å². The number of rotatable bonds is 3. The predicted molar refractivity (Wildman–Crippen MR) is 52.1 cm³/mol. The number of carbonyl (C=O) groups is 1. The van der Waals surface area contributed by atoms with Crippen LogP contribution in [0.25, 0.3) is 0 Å². The van der Waals surface area contributed by atoms with Crippen molar-refractivity contribution in [2.45, 2.75) is 19.8 Å². The normalized spacial score (nSPS) is 9.43. The van der Waals surface area contributed by atoms with Crippen LogP contribution in [0.3, 0.4) is 0 Å². The molecule has 0 bridgehead atoms. The molecule has 0 atom stereocenters. The SMILES string of the molecule is Cc1ccc(C(=O)O)cc1CCC#N. The van der Waals surface area contributed by atoms with E-state index in [1.807, 2.05) is 13.0 Å². The van der Waals surface area contributed by atoms with Gasteiger partial charge in [-0.25, -0.2) is 4.79 Å². The lowest BCUT2D eigenvalue weighted by Gasteiger charge is -2.04. The Kier molecular flexibility index (Phi) is 3.24. The van der Waals surface area contributed by atoms with Gasteiger partial charge in [0.15, 0.2) is 0 Å². The van der Waals surface area contributed by atoms with Crippen LogP contribution in [0.15, 0.2) is 18.2 Å². The molecule has 0 aliphatic heterocycles. The molecule has 0 unspecified atom stereocenters. The van der Waals surface area contributed by atoms with Gasteiger partial charge in [0.25, 0.3) is 0 Å². The number of carboxylic acids is 1. The largest absolute Gasteiger partial charge is 0.478 e. The summed E-state index contributed by atoms with van der Waals surface area (Å²) in [6.07, 6.45) is 1.04. The standard InChI is InChI=1S/C11H11NO2/c1-8-4-5-10(11(13)14)7-9(8)3-2-6-12/h4-5,7H,2-3H2,1H3,(H,13,14). The number of hydrogen-bond donors (Lipinski definition) is 1. The average molecular weight is 189 g/mol. The lowest BCUT2D eigenvalue weighted by Crippen LogP contribution is -1.99. The first-order chi connectivity index (χ1) is 6.65. The van der Waals surface area contributed by atoms with Crippen molar-refractivity contribution in [1.29, 1.82) is 5.26 Å². The molecule has 0 aliphatic rings. The van der Waals surface area contributed by atoms with Gasteiger partial charge in [0, 0.05) is 6.42 Å². The third-order valence-corrected chi connectivity index (χ3v) is 2.10. The number of benzene rings is 1. The number of aromatic carboxylic acids is 1. The molecule has 72 valence electrons. The second-order valence-electron chi connectivity index (χ2n) is 3.10. The molecule has 14 heavy (non-hydrogen) atoms. The van der Waals surface area contributed by atoms with Crippen molar-refractivity contribution in [3.05, 3.63) is 34.9 Å². The van der Waals surface area contributed by atoms with Gasteiger partial charge in [-0.1, -0.05) is 6.07 Å². The van der Waals surface area contributed by atoms with Gasteiger partial charge >= 0.3 is 5.97 Å².